The quantitative estimate of drug-likeness (QED) is 0.270. The predicted octanol–water partition coefficient (Wildman–Crippen LogP) is 4.44. The first-order chi connectivity index (χ1) is 15.3. The van der Waals surface area contributed by atoms with Crippen LogP contribution in [0.4, 0.5) is 0 Å². The van der Waals surface area contributed by atoms with Gasteiger partial charge >= 0.3 is 11.7 Å². The Morgan fingerprint density at radius 3 is 2.97 bits per heavy atom. The lowest BCUT2D eigenvalue weighted by molar-refractivity contribution is -0.969. The van der Waals surface area contributed by atoms with E-state index in [9.17, 15) is 0 Å². The number of hydrogen-bond donors (Lipinski definition) is 0. The van der Waals surface area contributed by atoms with E-state index >= 15 is 0 Å². The third kappa shape index (κ3) is 1.34. The summed E-state index contributed by atoms with van der Waals surface area (Å²) in [6.45, 7) is 2.07. The van der Waals surface area contributed by atoms with Crippen molar-refractivity contribution in [3.8, 4) is 23.0 Å². The van der Waals surface area contributed by atoms with Crippen molar-refractivity contribution in [3.63, 3.8) is 0 Å². The van der Waals surface area contributed by atoms with E-state index in [1.807, 2.05) is 11.3 Å². The molecule has 1 atom stereocenters. The molecular weight excluding hydrogens is 404 g/mol. The summed E-state index contributed by atoms with van der Waals surface area (Å²) in [5.74, 6) is 1.12. The maximum absolute atomic E-state index is 6.52. The molecule has 2 aromatic carbocycles. The SMILES string of the molecule is Cc1cc2n(n1)C13c4c(ccc5c6ccsc6c6ccc[n+]1c6c45)Oc1cccc-2[n+]13. The van der Waals surface area contributed by atoms with Crippen molar-refractivity contribution >= 4 is 43.1 Å². The first-order valence-corrected chi connectivity index (χ1v) is 11.3. The molecule has 0 fully saturated rings. The lowest BCUT2D eigenvalue weighted by Crippen LogP contribution is -2.75. The molecule has 6 heteroatoms. The van der Waals surface area contributed by atoms with Crippen molar-refractivity contribution in [1.29, 1.82) is 0 Å². The van der Waals surface area contributed by atoms with Gasteiger partial charge in [-0.1, -0.05) is 4.57 Å². The summed E-state index contributed by atoms with van der Waals surface area (Å²) in [4.78, 5) is 0. The Morgan fingerprint density at radius 1 is 1.03 bits per heavy atom. The summed E-state index contributed by atoms with van der Waals surface area (Å²) >= 11 is 1.81. The van der Waals surface area contributed by atoms with Gasteiger partial charge in [-0.3, -0.25) is 0 Å². The molecule has 144 valence electrons. The van der Waals surface area contributed by atoms with Gasteiger partial charge in [-0.15, -0.1) is 20.6 Å². The van der Waals surface area contributed by atoms with Gasteiger partial charge in [-0.2, -0.15) is 5.10 Å². The maximum Gasteiger partial charge on any atom is 0.504 e. The summed E-state index contributed by atoms with van der Waals surface area (Å²) in [7, 11) is 0. The fourth-order valence-electron chi connectivity index (χ4n) is 6.17. The number of pyridine rings is 2. The number of thiophene rings is 1. The van der Waals surface area contributed by atoms with Gasteiger partial charge in [-0.05, 0) is 54.1 Å². The lowest BCUT2D eigenvalue weighted by atomic mass is 9.96. The number of rotatable bonds is 0. The summed E-state index contributed by atoms with van der Waals surface area (Å²) in [6, 6.07) is 19.5. The Bertz CT molecular complexity index is 1850. The molecule has 0 saturated carbocycles. The highest BCUT2D eigenvalue weighted by atomic mass is 32.1. The molecule has 3 aliphatic rings. The van der Waals surface area contributed by atoms with Crippen LogP contribution in [0.15, 0.2) is 66.2 Å². The van der Waals surface area contributed by atoms with E-state index in [0.29, 0.717) is 0 Å². The molecule has 0 N–H and O–H groups in total. The molecule has 31 heavy (non-hydrogen) atoms. The van der Waals surface area contributed by atoms with Gasteiger partial charge < -0.3 is 4.74 Å². The molecule has 6 aromatic rings. The summed E-state index contributed by atoms with van der Waals surface area (Å²) < 4.78 is 14.8. The van der Waals surface area contributed by atoms with Crippen molar-refractivity contribution in [3.05, 3.63) is 77.4 Å². The molecule has 0 bridgehead atoms. The standard InChI is InChI=1S/C25H14N4OS/c1-13-12-18-17-5-2-6-20-28(17)25(29(18)26-13)22-19(30-20)8-7-14-15-9-11-31-24(15)16-4-3-10-27(25)23(16)21(14)22/h2-12H,1H3/q+2. The van der Waals surface area contributed by atoms with Crippen LogP contribution in [0.25, 0.3) is 43.1 Å². The molecule has 0 radical (unpaired) electrons. The van der Waals surface area contributed by atoms with Gasteiger partial charge in [0, 0.05) is 22.2 Å². The second-order valence-corrected chi connectivity index (χ2v) is 9.49. The second kappa shape index (κ2) is 4.45. The minimum absolute atomic E-state index is 0.631. The van der Waals surface area contributed by atoms with E-state index in [-0.39, 0.29) is 0 Å². The van der Waals surface area contributed by atoms with E-state index < -0.39 is 5.79 Å². The highest BCUT2D eigenvalue weighted by molar-refractivity contribution is 7.18. The van der Waals surface area contributed by atoms with Crippen molar-refractivity contribution in [2.45, 2.75) is 12.7 Å². The van der Waals surface area contributed by atoms with Crippen LogP contribution in [0.3, 0.4) is 0 Å². The monoisotopic (exact) mass is 418 g/mol. The average Bonchev–Trinajstić information content (AvgIpc) is 3.53. The zero-order valence-corrected chi connectivity index (χ0v) is 17.3. The molecule has 0 saturated heterocycles. The van der Waals surface area contributed by atoms with E-state index in [0.717, 1.165) is 28.7 Å². The number of aromatic nitrogens is 4. The van der Waals surface area contributed by atoms with Crippen LogP contribution < -0.4 is 13.9 Å². The van der Waals surface area contributed by atoms with Crippen LogP contribution in [-0.4, -0.2) is 9.78 Å². The number of benzene rings is 2. The highest BCUT2D eigenvalue weighted by Gasteiger charge is 2.71. The molecule has 3 aliphatic heterocycles. The third-order valence-electron chi connectivity index (χ3n) is 7.14. The highest BCUT2D eigenvalue weighted by Crippen LogP contribution is 2.52. The number of aryl methyl sites for hydroxylation is 1. The largest absolute Gasteiger partial charge is 0.504 e. The number of fused-ring (bicyclic) bond motifs is 5. The molecule has 9 rings (SSSR count). The van der Waals surface area contributed by atoms with Crippen molar-refractivity contribution in [1.82, 2.24) is 9.78 Å². The van der Waals surface area contributed by atoms with Crippen LogP contribution in [-0.2, 0) is 5.79 Å². The second-order valence-electron chi connectivity index (χ2n) is 8.57. The summed E-state index contributed by atoms with van der Waals surface area (Å²) in [5, 5.41) is 12.4. The minimum Gasteiger partial charge on any atom is -0.404 e. The summed E-state index contributed by atoms with van der Waals surface area (Å²) in [5.41, 5.74) is 5.70. The van der Waals surface area contributed by atoms with Gasteiger partial charge in [0.25, 0.3) is 0 Å². The Morgan fingerprint density at radius 2 is 2.00 bits per heavy atom. The zero-order valence-electron chi connectivity index (χ0n) is 16.5. The van der Waals surface area contributed by atoms with E-state index in [2.05, 4.69) is 86.9 Å². The Kier molecular flexibility index (Phi) is 2.17. The van der Waals surface area contributed by atoms with Crippen LogP contribution in [0.1, 0.15) is 11.3 Å². The lowest BCUT2D eigenvalue weighted by Gasteiger charge is -2.23. The smallest absolute Gasteiger partial charge is 0.404 e. The fraction of sp³-hybridized carbons (Fsp3) is 0.0800. The first-order valence-electron chi connectivity index (χ1n) is 10.4. The van der Waals surface area contributed by atoms with Crippen LogP contribution in [0.2, 0.25) is 0 Å². The Balaban J connectivity index is 1.66. The molecule has 4 aromatic heterocycles. The molecule has 0 amide bonds. The molecule has 0 aliphatic carbocycles. The first kappa shape index (κ1) is 15.1. The van der Waals surface area contributed by atoms with E-state index in [4.69, 9.17) is 9.84 Å². The third-order valence-corrected chi connectivity index (χ3v) is 8.09. The van der Waals surface area contributed by atoms with Gasteiger partial charge in [0.05, 0.1) is 22.5 Å². The maximum atomic E-state index is 6.52. The van der Waals surface area contributed by atoms with E-state index in [1.165, 1.54) is 37.3 Å². The Hall–Kier alpha value is -3.77. The van der Waals surface area contributed by atoms with E-state index in [1.54, 1.807) is 0 Å². The van der Waals surface area contributed by atoms with Crippen molar-refractivity contribution in [2.75, 3.05) is 0 Å². The number of hydrogen-bond acceptors (Lipinski definition) is 3. The number of nitrogens with zero attached hydrogens (tertiary/aromatic N) is 4. The average molecular weight is 418 g/mol. The Labute approximate surface area is 180 Å². The van der Waals surface area contributed by atoms with Crippen LogP contribution in [0, 0.1) is 6.92 Å². The van der Waals surface area contributed by atoms with Crippen LogP contribution in [0.5, 0.6) is 11.6 Å². The molecule has 5 nitrogen and oxygen atoms in total. The summed E-state index contributed by atoms with van der Waals surface area (Å²) in [6.07, 6.45) is 2.20. The number of ether oxygens (including phenoxy) is 1. The molecule has 7 heterocycles. The normalized spacial score (nSPS) is 18.9. The molecule has 1 spiro atoms. The zero-order chi connectivity index (χ0) is 20.1. The van der Waals surface area contributed by atoms with Gasteiger partial charge in [-0.25, -0.2) is 0 Å². The van der Waals surface area contributed by atoms with Crippen molar-refractivity contribution < 1.29 is 13.9 Å². The van der Waals surface area contributed by atoms with Gasteiger partial charge in [0.2, 0.25) is 11.2 Å². The molecule has 1 unspecified atom stereocenters. The van der Waals surface area contributed by atoms with Gasteiger partial charge in [0.1, 0.15) is 5.69 Å². The topological polar surface area (TPSA) is 34.8 Å². The molecular formula is C25H14N4OS+2. The van der Waals surface area contributed by atoms with Crippen molar-refractivity contribution in [2.24, 2.45) is 0 Å². The predicted molar refractivity (Wildman–Crippen MR) is 118 cm³/mol. The van der Waals surface area contributed by atoms with Gasteiger partial charge in [0.15, 0.2) is 17.5 Å². The fourth-order valence-corrected chi connectivity index (χ4v) is 7.11. The van der Waals surface area contributed by atoms with Crippen LogP contribution >= 0.6 is 11.3 Å². The minimum atomic E-state index is -0.631.